The molecule has 2 aromatic rings. The third-order valence-electron chi connectivity index (χ3n) is 4.40. The summed E-state index contributed by atoms with van der Waals surface area (Å²) in [5.41, 5.74) is 1.31. The van der Waals surface area contributed by atoms with Gasteiger partial charge in [0, 0.05) is 38.9 Å². The monoisotopic (exact) mass is 408 g/mol. The van der Waals surface area contributed by atoms with Gasteiger partial charge in [0.05, 0.1) is 17.9 Å². The van der Waals surface area contributed by atoms with Crippen molar-refractivity contribution in [3.8, 4) is 0 Å². The first-order valence-corrected chi connectivity index (χ1v) is 10.2. The van der Waals surface area contributed by atoms with Gasteiger partial charge in [-0.15, -0.1) is 5.10 Å². The zero-order valence-electron chi connectivity index (χ0n) is 16.3. The van der Waals surface area contributed by atoms with E-state index in [1.165, 1.54) is 17.8 Å². The molecule has 1 saturated heterocycles. The number of carbonyl (C=O) groups excluding carboxylic acids is 1. The standard InChI is InChI=1S/C18H25FN6O2S/c1-12-10-25(11-13(2)27-12)16-5-4-14(8-15(16)19)9-20-17(26)6-7-28-18-21-22-23-24(18)3/h4-5,8,12-13H,6-7,9-11H2,1-3H3,(H,20,26). The molecule has 2 unspecified atom stereocenters. The molecule has 28 heavy (non-hydrogen) atoms. The number of nitrogens with zero attached hydrogens (tertiary/aromatic N) is 5. The normalized spacial score (nSPS) is 19.6. The van der Waals surface area contributed by atoms with E-state index in [2.05, 4.69) is 20.8 Å². The molecule has 1 amide bonds. The second-order valence-electron chi connectivity index (χ2n) is 6.91. The molecule has 8 nitrogen and oxygen atoms in total. The number of aryl methyl sites for hydroxylation is 1. The number of benzene rings is 1. The molecule has 1 N–H and O–H groups in total. The van der Waals surface area contributed by atoms with Gasteiger partial charge < -0.3 is 15.0 Å². The van der Waals surface area contributed by atoms with Crippen molar-refractivity contribution in [2.45, 2.75) is 44.2 Å². The van der Waals surface area contributed by atoms with Crippen LogP contribution in [0.25, 0.3) is 0 Å². The van der Waals surface area contributed by atoms with Crippen molar-refractivity contribution in [1.29, 1.82) is 0 Å². The van der Waals surface area contributed by atoms with Crippen molar-refractivity contribution in [2.75, 3.05) is 23.7 Å². The number of amides is 1. The SMILES string of the molecule is CC1CN(c2ccc(CNC(=O)CCSc3nnnn3C)cc2F)CC(C)O1. The summed E-state index contributed by atoms with van der Waals surface area (Å²) in [5.74, 6) is 0.196. The summed E-state index contributed by atoms with van der Waals surface area (Å²) in [7, 11) is 1.75. The molecule has 0 spiro atoms. The van der Waals surface area contributed by atoms with Crippen LogP contribution in [0.3, 0.4) is 0 Å². The van der Waals surface area contributed by atoms with Gasteiger partial charge in [-0.2, -0.15) is 0 Å². The molecular formula is C18H25FN6O2S. The van der Waals surface area contributed by atoms with Crippen LogP contribution < -0.4 is 10.2 Å². The Morgan fingerprint density at radius 3 is 2.75 bits per heavy atom. The number of nitrogens with one attached hydrogen (secondary N) is 1. The Kier molecular flexibility index (Phi) is 6.84. The van der Waals surface area contributed by atoms with E-state index in [4.69, 9.17) is 4.74 Å². The van der Waals surface area contributed by atoms with E-state index < -0.39 is 0 Å². The van der Waals surface area contributed by atoms with Gasteiger partial charge in [0.15, 0.2) is 0 Å². The summed E-state index contributed by atoms with van der Waals surface area (Å²) >= 11 is 1.41. The first-order valence-electron chi connectivity index (χ1n) is 9.23. The minimum Gasteiger partial charge on any atom is -0.372 e. The number of morpholine rings is 1. The average Bonchev–Trinajstić information content (AvgIpc) is 3.04. The number of halogens is 1. The second kappa shape index (κ2) is 9.33. The first-order chi connectivity index (χ1) is 13.4. The third-order valence-corrected chi connectivity index (χ3v) is 5.42. The fraction of sp³-hybridized carbons (Fsp3) is 0.556. The average molecular weight is 409 g/mol. The van der Waals surface area contributed by atoms with Crippen LogP contribution in [0, 0.1) is 5.82 Å². The fourth-order valence-corrected chi connectivity index (χ4v) is 3.95. The Labute approximate surface area is 167 Å². The molecule has 1 fully saturated rings. The van der Waals surface area contributed by atoms with E-state index in [1.54, 1.807) is 17.8 Å². The van der Waals surface area contributed by atoms with Gasteiger partial charge in [0.1, 0.15) is 5.82 Å². The zero-order chi connectivity index (χ0) is 20.1. The van der Waals surface area contributed by atoms with Crippen molar-refractivity contribution in [3.63, 3.8) is 0 Å². The Morgan fingerprint density at radius 1 is 1.36 bits per heavy atom. The lowest BCUT2D eigenvalue weighted by Crippen LogP contribution is -2.45. The lowest BCUT2D eigenvalue weighted by molar-refractivity contribution is -0.120. The van der Waals surface area contributed by atoms with E-state index >= 15 is 0 Å². The van der Waals surface area contributed by atoms with Crippen LogP contribution in [-0.4, -0.2) is 57.2 Å². The highest BCUT2D eigenvalue weighted by Gasteiger charge is 2.24. The number of thioether (sulfide) groups is 1. The van der Waals surface area contributed by atoms with Crippen molar-refractivity contribution >= 4 is 23.4 Å². The van der Waals surface area contributed by atoms with Crippen LogP contribution >= 0.6 is 11.8 Å². The summed E-state index contributed by atoms with van der Waals surface area (Å²) < 4.78 is 21.9. The van der Waals surface area contributed by atoms with E-state index in [1.807, 2.05) is 24.8 Å². The largest absolute Gasteiger partial charge is 0.372 e. The molecule has 152 valence electrons. The second-order valence-corrected chi connectivity index (χ2v) is 7.97. The Morgan fingerprint density at radius 2 is 2.11 bits per heavy atom. The molecule has 0 radical (unpaired) electrons. The van der Waals surface area contributed by atoms with Crippen LogP contribution in [-0.2, 0) is 23.1 Å². The van der Waals surface area contributed by atoms with Crippen LogP contribution in [0.5, 0.6) is 0 Å². The van der Waals surface area contributed by atoms with E-state index in [-0.39, 0.29) is 23.9 Å². The lowest BCUT2D eigenvalue weighted by Gasteiger charge is -2.37. The summed E-state index contributed by atoms with van der Waals surface area (Å²) in [6.45, 7) is 5.60. The van der Waals surface area contributed by atoms with E-state index in [0.29, 0.717) is 42.7 Å². The van der Waals surface area contributed by atoms with Gasteiger partial charge in [-0.05, 0) is 42.0 Å². The molecular weight excluding hydrogens is 383 g/mol. The molecule has 0 bridgehead atoms. The molecule has 1 aromatic heterocycles. The van der Waals surface area contributed by atoms with Crippen LogP contribution in [0.1, 0.15) is 25.8 Å². The maximum Gasteiger partial charge on any atom is 0.221 e. The number of aromatic nitrogens is 4. The Hall–Kier alpha value is -2.20. The molecule has 10 heteroatoms. The van der Waals surface area contributed by atoms with Gasteiger partial charge in [-0.25, -0.2) is 9.07 Å². The van der Waals surface area contributed by atoms with E-state index in [9.17, 15) is 9.18 Å². The molecule has 0 aliphatic carbocycles. The first kappa shape index (κ1) is 20.5. The van der Waals surface area contributed by atoms with Crippen molar-refractivity contribution in [1.82, 2.24) is 25.5 Å². The highest BCUT2D eigenvalue weighted by molar-refractivity contribution is 7.99. The summed E-state index contributed by atoms with van der Waals surface area (Å²) in [5, 5.41) is 14.6. The minimum absolute atomic E-state index is 0.0670. The predicted octanol–water partition coefficient (Wildman–Crippen LogP) is 1.76. The molecule has 2 atom stereocenters. The van der Waals surface area contributed by atoms with Crippen LogP contribution in [0.4, 0.5) is 10.1 Å². The summed E-state index contributed by atoms with van der Waals surface area (Å²) in [6.07, 6.45) is 0.469. The van der Waals surface area contributed by atoms with Crippen molar-refractivity contribution in [2.24, 2.45) is 7.05 Å². The highest BCUT2D eigenvalue weighted by atomic mass is 32.2. The Bertz CT molecular complexity index is 807. The summed E-state index contributed by atoms with van der Waals surface area (Å²) in [6, 6.07) is 5.11. The highest BCUT2D eigenvalue weighted by Crippen LogP contribution is 2.24. The number of carbonyl (C=O) groups is 1. The number of hydrogen-bond donors (Lipinski definition) is 1. The number of tetrazole rings is 1. The van der Waals surface area contributed by atoms with Crippen molar-refractivity contribution < 1.29 is 13.9 Å². The predicted molar refractivity (Wildman–Crippen MR) is 105 cm³/mol. The van der Waals surface area contributed by atoms with Crippen molar-refractivity contribution in [3.05, 3.63) is 29.6 Å². The molecule has 1 aromatic carbocycles. The van der Waals surface area contributed by atoms with Crippen LogP contribution in [0.15, 0.2) is 23.4 Å². The molecule has 3 rings (SSSR count). The smallest absolute Gasteiger partial charge is 0.221 e. The van der Waals surface area contributed by atoms with Gasteiger partial charge in [0.2, 0.25) is 11.1 Å². The molecule has 2 heterocycles. The molecule has 0 saturated carbocycles. The fourth-order valence-electron chi connectivity index (χ4n) is 3.16. The number of ether oxygens (including phenoxy) is 1. The lowest BCUT2D eigenvalue weighted by atomic mass is 10.1. The maximum atomic E-state index is 14.6. The molecule has 1 aliphatic rings. The van der Waals surface area contributed by atoms with E-state index in [0.717, 1.165) is 5.56 Å². The Balaban J connectivity index is 1.47. The molecule has 1 aliphatic heterocycles. The minimum atomic E-state index is -0.279. The maximum absolute atomic E-state index is 14.6. The van der Waals surface area contributed by atoms with Crippen LogP contribution in [0.2, 0.25) is 0 Å². The number of hydrogen-bond acceptors (Lipinski definition) is 7. The third kappa shape index (κ3) is 5.41. The van der Waals surface area contributed by atoms with Gasteiger partial charge in [-0.1, -0.05) is 17.8 Å². The van der Waals surface area contributed by atoms with Gasteiger partial charge in [-0.3, -0.25) is 4.79 Å². The number of rotatable bonds is 7. The number of anilines is 1. The zero-order valence-corrected chi connectivity index (χ0v) is 17.1. The van der Waals surface area contributed by atoms with Gasteiger partial charge >= 0.3 is 0 Å². The summed E-state index contributed by atoms with van der Waals surface area (Å²) in [4.78, 5) is 14.0. The topological polar surface area (TPSA) is 85.2 Å². The van der Waals surface area contributed by atoms with Gasteiger partial charge in [0.25, 0.3) is 0 Å². The quantitative estimate of drug-likeness (QED) is 0.699.